The molecule has 5 atom stereocenters. The van der Waals surface area contributed by atoms with E-state index in [2.05, 4.69) is 5.32 Å². The third-order valence-electron chi connectivity index (χ3n) is 6.52. The first-order valence-corrected chi connectivity index (χ1v) is 8.93. The van der Waals surface area contributed by atoms with E-state index >= 15 is 0 Å². The first-order valence-electron chi connectivity index (χ1n) is 8.93. The van der Waals surface area contributed by atoms with Crippen LogP contribution in [0.3, 0.4) is 0 Å². The summed E-state index contributed by atoms with van der Waals surface area (Å²) in [5.74, 6) is 1.56. The summed E-state index contributed by atoms with van der Waals surface area (Å²) in [7, 11) is 0. The van der Waals surface area contributed by atoms with Crippen molar-refractivity contribution in [3.63, 3.8) is 0 Å². The van der Waals surface area contributed by atoms with Gasteiger partial charge in [0, 0.05) is 23.4 Å². The maximum Gasteiger partial charge on any atom is 0.269 e. The standard InChI is InChI=1S/C20H19FN2O2/c21-16-4-2-1-3-14(16)20-19-12-6-5-11(9-12)18(19)15-10-13(23(24)25)7-8-17(15)22-20/h1-4,7-8,10-12,18-20,22H,5-6,9H2/t11-,12-,18-,19-,20-/m0/s1. The first kappa shape index (κ1) is 14.9. The summed E-state index contributed by atoms with van der Waals surface area (Å²) in [6.45, 7) is 0. The number of benzene rings is 2. The number of fused-ring (bicyclic) bond motifs is 7. The summed E-state index contributed by atoms with van der Waals surface area (Å²) in [6.07, 6.45) is 3.52. The maximum absolute atomic E-state index is 14.5. The highest BCUT2D eigenvalue weighted by atomic mass is 19.1. The van der Waals surface area contributed by atoms with Crippen LogP contribution in [0.25, 0.3) is 0 Å². The van der Waals surface area contributed by atoms with Gasteiger partial charge < -0.3 is 5.32 Å². The summed E-state index contributed by atoms with van der Waals surface area (Å²) in [5, 5.41) is 14.7. The Labute approximate surface area is 145 Å². The van der Waals surface area contributed by atoms with E-state index in [1.54, 1.807) is 18.2 Å². The predicted molar refractivity (Wildman–Crippen MR) is 92.9 cm³/mol. The van der Waals surface area contributed by atoms with Crippen molar-refractivity contribution in [3.05, 3.63) is 69.5 Å². The maximum atomic E-state index is 14.5. The number of nitro benzene ring substituents is 1. The second-order valence-electron chi connectivity index (χ2n) is 7.61. The molecular formula is C20H19FN2O2. The van der Waals surface area contributed by atoms with Crippen molar-refractivity contribution < 1.29 is 9.31 Å². The lowest BCUT2D eigenvalue weighted by Gasteiger charge is -2.43. The van der Waals surface area contributed by atoms with Crippen LogP contribution >= 0.6 is 0 Å². The Morgan fingerprint density at radius 3 is 2.68 bits per heavy atom. The minimum absolute atomic E-state index is 0.0598. The lowest BCUT2D eigenvalue weighted by molar-refractivity contribution is -0.384. The van der Waals surface area contributed by atoms with Gasteiger partial charge in [0.1, 0.15) is 5.82 Å². The normalized spacial score (nSPS) is 32.0. The zero-order valence-electron chi connectivity index (χ0n) is 13.7. The van der Waals surface area contributed by atoms with Crippen molar-refractivity contribution in [1.82, 2.24) is 0 Å². The summed E-state index contributed by atoms with van der Waals surface area (Å²) in [4.78, 5) is 10.9. The molecule has 4 nitrogen and oxygen atoms in total. The number of rotatable bonds is 2. The molecule has 25 heavy (non-hydrogen) atoms. The van der Waals surface area contributed by atoms with E-state index in [0.717, 1.165) is 17.7 Å². The Hall–Kier alpha value is -2.43. The number of nitro groups is 1. The smallest absolute Gasteiger partial charge is 0.269 e. The molecule has 2 saturated carbocycles. The molecule has 0 unspecified atom stereocenters. The topological polar surface area (TPSA) is 55.2 Å². The number of hydrogen-bond donors (Lipinski definition) is 1. The molecule has 0 amide bonds. The van der Waals surface area contributed by atoms with Gasteiger partial charge in [-0.2, -0.15) is 0 Å². The summed E-state index contributed by atoms with van der Waals surface area (Å²) >= 11 is 0. The Bertz CT molecular complexity index is 869. The largest absolute Gasteiger partial charge is 0.378 e. The number of hydrogen-bond acceptors (Lipinski definition) is 3. The Kier molecular flexibility index (Phi) is 3.14. The van der Waals surface area contributed by atoms with Crippen LogP contribution in [0.4, 0.5) is 15.8 Å². The van der Waals surface area contributed by atoms with Gasteiger partial charge in [-0.15, -0.1) is 0 Å². The lowest BCUT2D eigenvalue weighted by Crippen LogP contribution is -2.35. The van der Waals surface area contributed by atoms with Crippen LogP contribution in [0.5, 0.6) is 0 Å². The summed E-state index contributed by atoms with van der Waals surface area (Å²) in [6, 6.07) is 12.0. The summed E-state index contributed by atoms with van der Waals surface area (Å²) in [5.41, 5.74) is 2.84. The monoisotopic (exact) mass is 338 g/mol. The van der Waals surface area contributed by atoms with Crippen LogP contribution in [0.2, 0.25) is 0 Å². The molecule has 2 bridgehead atoms. The number of non-ortho nitro benzene ring substituents is 1. The molecule has 5 rings (SSSR count). The van der Waals surface area contributed by atoms with Crippen molar-refractivity contribution in [2.24, 2.45) is 17.8 Å². The van der Waals surface area contributed by atoms with Gasteiger partial charge in [-0.3, -0.25) is 10.1 Å². The fourth-order valence-electron chi connectivity index (χ4n) is 5.62. The SMILES string of the molecule is O=[N+]([O-])c1ccc2c(c1)[C@@H]1[C@H]3CC[C@@H](C3)[C@@H]1[C@H](c1ccccc1F)N2. The zero-order chi connectivity index (χ0) is 17.1. The molecule has 2 aromatic carbocycles. The van der Waals surface area contributed by atoms with E-state index < -0.39 is 0 Å². The highest BCUT2D eigenvalue weighted by molar-refractivity contribution is 5.62. The molecule has 128 valence electrons. The van der Waals surface area contributed by atoms with Crippen LogP contribution in [0.15, 0.2) is 42.5 Å². The highest BCUT2D eigenvalue weighted by Crippen LogP contribution is 2.64. The first-order chi connectivity index (χ1) is 12.1. The Morgan fingerprint density at radius 2 is 1.88 bits per heavy atom. The van der Waals surface area contributed by atoms with Gasteiger partial charge in [0.2, 0.25) is 0 Å². The molecule has 2 aromatic rings. The average molecular weight is 338 g/mol. The molecule has 0 spiro atoms. The fourth-order valence-corrected chi connectivity index (χ4v) is 5.62. The van der Waals surface area contributed by atoms with Crippen LogP contribution in [0, 0.1) is 33.7 Å². The number of anilines is 1. The van der Waals surface area contributed by atoms with Crippen LogP contribution < -0.4 is 5.32 Å². The number of halogens is 1. The van der Waals surface area contributed by atoms with Gasteiger partial charge in [0.15, 0.2) is 0 Å². The Morgan fingerprint density at radius 1 is 1.08 bits per heavy atom. The molecule has 0 radical (unpaired) electrons. The molecule has 2 fully saturated rings. The van der Waals surface area contributed by atoms with Gasteiger partial charge >= 0.3 is 0 Å². The van der Waals surface area contributed by atoms with E-state index in [4.69, 9.17) is 0 Å². The third-order valence-corrected chi connectivity index (χ3v) is 6.52. The molecule has 2 aliphatic carbocycles. The zero-order valence-corrected chi connectivity index (χ0v) is 13.7. The van der Waals surface area contributed by atoms with Gasteiger partial charge in [-0.25, -0.2) is 4.39 Å². The van der Waals surface area contributed by atoms with Gasteiger partial charge in [-0.1, -0.05) is 18.2 Å². The molecule has 3 aliphatic rings. The number of nitrogens with zero attached hydrogens (tertiary/aromatic N) is 1. The average Bonchev–Trinajstić information content (AvgIpc) is 3.23. The van der Waals surface area contributed by atoms with Crippen LogP contribution in [0.1, 0.15) is 42.3 Å². The Balaban J connectivity index is 1.65. The van der Waals surface area contributed by atoms with Crippen molar-refractivity contribution in [3.8, 4) is 0 Å². The quantitative estimate of drug-likeness (QED) is 0.617. The predicted octanol–water partition coefficient (Wildman–Crippen LogP) is 5.03. The van der Waals surface area contributed by atoms with Crippen molar-refractivity contribution in [2.45, 2.75) is 31.2 Å². The molecule has 1 heterocycles. The fraction of sp³-hybridized carbons (Fsp3) is 0.400. The second-order valence-corrected chi connectivity index (χ2v) is 7.61. The molecule has 0 aromatic heterocycles. The minimum atomic E-state index is -0.328. The number of nitrogens with one attached hydrogen (secondary N) is 1. The van der Waals surface area contributed by atoms with Gasteiger partial charge in [0.05, 0.1) is 11.0 Å². The summed E-state index contributed by atoms with van der Waals surface area (Å²) < 4.78 is 14.5. The van der Waals surface area contributed by atoms with E-state index in [1.807, 2.05) is 12.1 Å². The van der Waals surface area contributed by atoms with E-state index in [9.17, 15) is 14.5 Å². The third kappa shape index (κ3) is 2.11. The van der Waals surface area contributed by atoms with Crippen molar-refractivity contribution in [2.75, 3.05) is 5.32 Å². The molecule has 1 aliphatic heterocycles. The van der Waals surface area contributed by atoms with Crippen LogP contribution in [-0.2, 0) is 0 Å². The highest BCUT2D eigenvalue weighted by Gasteiger charge is 2.54. The van der Waals surface area contributed by atoms with Crippen molar-refractivity contribution >= 4 is 11.4 Å². The van der Waals surface area contributed by atoms with Gasteiger partial charge in [0.25, 0.3) is 5.69 Å². The second kappa shape index (κ2) is 5.28. The van der Waals surface area contributed by atoms with Gasteiger partial charge in [-0.05, 0) is 60.6 Å². The molecule has 5 heteroatoms. The van der Waals surface area contributed by atoms with Crippen LogP contribution in [-0.4, -0.2) is 4.92 Å². The molecule has 0 saturated heterocycles. The molecular weight excluding hydrogens is 319 g/mol. The van der Waals surface area contributed by atoms with Crippen molar-refractivity contribution in [1.29, 1.82) is 0 Å². The van der Waals surface area contributed by atoms with E-state index in [-0.39, 0.29) is 22.5 Å². The van der Waals surface area contributed by atoms with E-state index in [0.29, 0.717) is 29.2 Å². The lowest BCUT2D eigenvalue weighted by atomic mass is 9.68. The molecule has 1 N–H and O–H groups in total. The van der Waals surface area contributed by atoms with E-state index in [1.165, 1.54) is 25.0 Å². The minimum Gasteiger partial charge on any atom is -0.378 e.